The summed E-state index contributed by atoms with van der Waals surface area (Å²) in [6.07, 6.45) is 1.83. The van der Waals surface area contributed by atoms with E-state index in [1.54, 1.807) is 7.11 Å². The summed E-state index contributed by atoms with van der Waals surface area (Å²) in [6, 6.07) is 10.2. The first-order valence-corrected chi connectivity index (χ1v) is 6.13. The summed E-state index contributed by atoms with van der Waals surface area (Å²) >= 11 is 0. The Balaban J connectivity index is 2.45. The van der Waals surface area contributed by atoms with Gasteiger partial charge in [-0.2, -0.15) is 5.10 Å². The minimum atomic E-state index is 0.0867. The molecule has 0 amide bonds. The summed E-state index contributed by atoms with van der Waals surface area (Å²) in [5, 5.41) is 7.65. The molecule has 0 aliphatic heterocycles. The van der Waals surface area contributed by atoms with Crippen molar-refractivity contribution in [2.75, 3.05) is 14.2 Å². The zero-order valence-corrected chi connectivity index (χ0v) is 11.1. The lowest BCUT2D eigenvalue weighted by Crippen LogP contribution is -2.22. The van der Waals surface area contributed by atoms with Crippen molar-refractivity contribution in [3.63, 3.8) is 0 Å². The largest absolute Gasteiger partial charge is 0.496 e. The number of aromatic nitrogens is 2. The highest BCUT2D eigenvalue weighted by molar-refractivity contribution is 5.39. The number of nitrogens with zero attached hydrogens (tertiary/aromatic N) is 2. The molecule has 18 heavy (non-hydrogen) atoms. The number of nitrogens with one attached hydrogen (secondary N) is 1. The summed E-state index contributed by atoms with van der Waals surface area (Å²) in [5.41, 5.74) is 2.27. The van der Waals surface area contributed by atoms with Gasteiger partial charge in [0.05, 0.1) is 18.8 Å². The van der Waals surface area contributed by atoms with Crippen molar-refractivity contribution in [2.24, 2.45) is 0 Å². The van der Waals surface area contributed by atoms with Crippen molar-refractivity contribution in [1.29, 1.82) is 0 Å². The average Bonchev–Trinajstić information content (AvgIpc) is 2.88. The fourth-order valence-electron chi connectivity index (χ4n) is 2.22. The molecule has 1 N–H and O–H groups in total. The number of para-hydroxylation sites is 1. The zero-order chi connectivity index (χ0) is 13.0. The maximum atomic E-state index is 5.43. The lowest BCUT2D eigenvalue weighted by atomic mass is 10.0. The normalized spacial score (nSPS) is 12.4. The van der Waals surface area contributed by atoms with E-state index in [1.807, 2.05) is 42.2 Å². The molecule has 0 saturated heterocycles. The highest BCUT2D eigenvalue weighted by atomic mass is 16.5. The molecular weight excluding hydrogens is 226 g/mol. The second-order valence-corrected chi connectivity index (χ2v) is 4.04. The molecule has 0 saturated carbocycles. The van der Waals surface area contributed by atoms with Crippen LogP contribution in [0.5, 0.6) is 5.75 Å². The SMILES string of the molecule is CCn1nccc1C(NC)c1ccccc1OC. The molecule has 0 radical (unpaired) electrons. The summed E-state index contributed by atoms with van der Waals surface area (Å²) in [6.45, 7) is 2.95. The minimum absolute atomic E-state index is 0.0867. The van der Waals surface area contributed by atoms with Crippen LogP contribution < -0.4 is 10.1 Å². The van der Waals surface area contributed by atoms with Crippen LogP contribution in [-0.2, 0) is 6.54 Å². The number of hydrogen-bond donors (Lipinski definition) is 1. The molecule has 2 rings (SSSR count). The predicted octanol–water partition coefficient (Wildman–Crippen LogP) is 2.22. The molecule has 0 bridgehead atoms. The van der Waals surface area contributed by atoms with Crippen molar-refractivity contribution in [3.8, 4) is 5.75 Å². The van der Waals surface area contributed by atoms with Crippen LogP contribution in [0.15, 0.2) is 36.5 Å². The Morgan fingerprint density at radius 3 is 2.78 bits per heavy atom. The number of aryl methyl sites for hydroxylation is 1. The number of methoxy groups -OCH3 is 1. The van der Waals surface area contributed by atoms with Gasteiger partial charge in [0, 0.05) is 18.3 Å². The van der Waals surface area contributed by atoms with E-state index >= 15 is 0 Å². The standard InChI is InChI=1S/C14H19N3O/c1-4-17-12(9-10-16-17)14(15-2)11-7-5-6-8-13(11)18-3/h5-10,14-15H,4H2,1-3H3. The molecule has 1 atom stereocenters. The van der Waals surface area contributed by atoms with E-state index in [1.165, 1.54) is 0 Å². The molecule has 1 aromatic carbocycles. The fraction of sp³-hybridized carbons (Fsp3) is 0.357. The first-order valence-electron chi connectivity index (χ1n) is 6.13. The summed E-state index contributed by atoms with van der Waals surface area (Å²) in [4.78, 5) is 0. The van der Waals surface area contributed by atoms with Gasteiger partial charge in [-0.25, -0.2) is 0 Å². The Labute approximate surface area is 108 Å². The second kappa shape index (κ2) is 5.69. The van der Waals surface area contributed by atoms with E-state index in [-0.39, 0.29) is 6.04 Å². The van der Waals surface area contributed by atoms with Crippen LogP contribution in [0.2, 0.25) is 0 Å². The lowest BCUT2D eigenvalue weighted by molar-refractivity contribution is 0.403. The number of benzene rings is 1. The lowest BCUT2D eigenvalue weighted by Gasteiger charge is -2.20. The van der Waals surface area contributed by atoms with Crippen molar-refractivity contribution >= 4 is 0 Å². The van der Waals surface area contributed by atoms with Gasteiger partial charge in [0.25, 0.3) is 0 Å². The molecular formula is C14H19N3O. The molecule has 1 heterocycles. The molecule has 4 heteroatoms. The number of ether oxygens (including phenoxy) is 1. The Kier molecular flexibility index (Phi) is 3.99. The Morgan fingerprint density at radius 1 is 1.33 bits per heavy atom. The molecule has 96 valence electrons. The Morgan fingerprint density at radius 2 is 2.11 bits per heavy atom. The van der Waals surface area contributed by atoms with Gasteiger partial charge in [-0.05, 0) is 26.1 Å². The predicted molar refractivity (Wildman–Crippen MR) is 71.8 cm³/mol. The molecule has 1 aromatic heterocycles. The maximum Gasteiger partial charge on any atom is 0.124 e. The van der Waals surface area contributed by atoms with Crippen molar-refractivity contribution in [3.05, 3.63) is 47.8 Å². The molecule has 4 nitrogen and oxygen atoms in total. The van der Waals surface area contributed by atoms with Crippen molar-refractivity contribution in [2.45, 2.75) is 19.5 Å². The van der Waals surface area contributed by atoms with E-state index in [0.717, 1.165) is 23.6 Å². The first-order chi connectivity index (χ1) is 8.81. The topological polar surface area (TPSA) is 39.1 Å². The van der Waals surface area contributed by atoms with Gasteiger partial charge in [-0.15, -0.1) is 0 Å². The van der Waals surface area contributed by atoms with Gasteiger partial charge >= 0.3 is 0 Å². The molecule has 0 fully saturated rings. The van der Waals surface area contributed by atoms with Crippen molar-refractivity contribution < 1.29 is 4.74 Å². The monoisotopic (exact) mass is 245 g/mol. The Bertz CT molecular complexity index is 507. The fourth-order valence-corrected chi connectivity index (χ4v) is 2.22. The summed E-state index contributed by atoms with van der Waals surface area (Å²) < 4.78 is 7.42. The Hall–Kier alpha value is -1.81. The van der Waals surface area contributed by atoms with E-state index in [2.05, 4.69) is 23.4 Å². The van der Waals surface area contributed by atoms with Crippen molar-refractivity contribution in [1.82, 2.24) is 15.1 Å². The van der Waals surface area contributed by atoms with E-state index in [9.17, 15) is 0 Å². The average molecular weight is 245 g/mol. The van der Waals surface area contributed by atoms with Gasteiger partial charge in [-0.3, -0.25) is 4.68 Å². The van der Waals surface area contributed by atoms with Crippen LogP contribution in [0.25, 0.3) is 0 Å². The number of hydrogen-bond acceptors (Lipinski definition) is 3. The van der Waals surface area contributed by atoms with Crippen LogP contribution in [0.4, 0.5) is 0 Å². The molecule has 1 unspecified atom stereocenters. The van der Waals surface area contributed by atoms with Gasteiger partial charge in [0.2, 0.25) is 0 Å². The third-order valence-electron chi connectivity index (χ3n) is 3.08. The summed E-state index contributed by atoms with van der Waals surface area (Å²) in [7, 11) is 3.65. The highest BCUT2D eigenvalue weighted by Crippen LogP contribution is 2.29. The minimum Gasteiger partial charge on any atom is -0.496 e. The molecule has 0 aliphatic carbocycles. The van der Waals surface area contributed by atoms with Gasteiger partial charge in [0.15, 0.2) is 0 Å². The quantitative estimate of drug-likeness (QED) is 0.878. The van der Waals surface area contributed by atoms with Gasteiger partial charge in [-0.1, -0.05) is 18.2 Å². The molecule has 0 spiro atoms. The van der Waals surface area contributed by atoms with E-state index < -0.39 is 0 Å². The maximum absolute atomic E-state index is 5.43. The summed E-state index contributed by atoms with van der Waals surface area (Å²) in [5.74, 6) is 0.890. The number of rotatable bonds is 5. The van der Waals surface area contributed by atoms with E-state index in [0.29, 0.717) is 0 Å². The van der Waals surface area contributed by atoms with Crippen LogP contribution >= 0.6 is 0 Å². The third-order valence-corrected chi connectivity index (χ3v) is 3.08. The molecule has 0 aliphatic rings. The second-order valence-electron chi connectivity index (χ2n) is 4.04. The third kappa shape index (κ3) is 2.24. The van der Waals surface area contributed by atoms with Crippen LogP contribution in [0.3, 0.4) is 0 Å². The van der Waals surface area contributed by atoms with E-state index in [4.69, 9.17) is 4.74 Å². The zero-order valence-electron chi connectivity index (χ0n) is 11.1. The van der Waals surface area contributed by atoms with Crippen LogP contribution in [0, 0.1) is 0 Å². The van der Waals surface area contributed by atoms with Crippen LogP contribution in [-0.4, -0.2) is 23.9 Å². The highest BCUT2D eigenvalue weighted by Gasteiger charge is 2.19. The molecule has 2 aromatic rings. The van der Waals surface area contributed by atoms with Gasteiger partial charge in [0.1, 0.15) is 5.75 Å². The smallest absolute Gasteiger partial charge is 0.124 e. The van der Waals surface area contributed by atoms with Crippen LogP contribution in [0.1, 0.15) is 24.2 Å². The first kappa shape index (κ1) is 12.6. The van der Waals surface area contributed by atoms with Gasteiger partial charge < -0.3 is 10.1 Å².